The maximum absolute atomic E-state index is 13.0. The fourth-order valence-corrected chi connectivity index (χ4v) is 5.37. The van der Waals surface area contributed by atoms with Gasteiger partial charge in [0.1, 0.15) is 11.3 Å². The number of rotatable bonds is 7. The summed E-state index contributed by atoms with van der Waals surface area (Å²) < 4.78 is 9.39. The molecule has 1 aliphatic carbocycles. The summed E-state index contributed by atoms with van der Waals surface area (Å²) in [4.78, 5) is 23.9. The summed E-state index contributed by atoms with van der Waals surface area (Å²) in [5, 5.41) is 17.1. The Morgan fingerprint density at radius 3 is 2.72 bits per heavy atom. The molecule has 1 aliphatic heterocycles. The molecule has 1 saturated heterocycles. The smallest absolute Gasteiger partial charge is 0.272 e. The Morgan fingerprint density at radius 2 is 1.92 bits per heavy atom. The van der Waals surface area contributed by atoms with Crippen LogP contribution in [0.15, 0.2) is 43.0 Å². The molecule has 10 heteroatoms. The van der Waals surface area contributed by atoms with Gasteiger partial charge in [-0.3, -0.25) is 9.20 Å². The fraction of sp³-hybridized carbons (Fsp3) is 0.462. The number of aliphatic hydroxyl groups excluding tert-OH is 1. The molecule has 0 aromatic carbocycles. The van der Waals surface area contributed by atoms with Crippen molar-refractivity contribution >= 4 is 23.0 Å². The summed E-state index contributed by atoms with van der Waals surface area (Å²) in [5.74, 6) is 0.639. The van der Waals surface area contributed by atoms with Gasteiger partial charge in [-0.05, 0) is 56.7 Å². The number of imidazole rings is 1. The number of hydrogen-bond acceptors (Lipinski definition) is 7. The Morgan fingerprint density at radius 1 is 1.08 bits per heavy atom. The maximum atomic E-state index is 13.0. The molecule has 0 atom stereocenters. The number of nitrogens with one attached hydrogen (secondary N) is 1. The summed E-state index contributed by atoms with van der Waals surface area (Å²) in [6.07, 6.45) is 13.7. The number of amides is 1. The lowest BCUT2D eigenvalue weighted by atomic mass is 9.93. The van der Waals surface area contributed by atoms with Gasteiger partial charge in [-0.1, -0.05) is 0 Å². The second-order valence-electron chi connectivity index (χ2n) is 9.64. The van der Waals surface area contributed by atoms with Crippen LogP contribution in [0.2, 0.25) is 0 Å². The third-order valence-electron chi connectivity index (χ3n) is 7.30. The SMILES string of the molecule is O=C(c1cnc2ccc(-c3ccn4nc(NC5CCC(OCCO)CC5)ncc34)cn12)N1CCCC1. The van der Waals surface area contributed by atoms with E-state index in [4.69, 9.17) is 9.84 Å². The maximum Gasteiger partial charge on any atom is 0.272 e. The zero-order valence-corrected chi connectivity index (χ0v) is 20.2. The molecule has 5 heterocycles. The molecule has 10 nitrogen and oxygen atoms in total. The monoisotopic (exact) mass is 489 g/mol. The van der Waals surface area contributed by atoms with Crippen LogP contribution in [0.25, 0.3) is 22.3 Å². The Kier molecular flexibility index (Phi) is 6.28. The number of carbonyl (C=O) groups excluding carboxylic acids is 1. The molecule has 6 rings (SSSR count). The van der Waals surface area contributed by atoms with E-state index in [1.54, 1.807) is 6.20 Å². The largest absolute Gasteiger partial charge is 0.394 e. The number of pyridine rings is 1. The first-order valence-corrected chi connectivity index (χ1v) is 12.8. The van der Waals surface area contributed by atoms with Crippen LogP contribution in [-0.2, 0) is 4.74 Å². The molecule has 36 heavy (non-hydrogen) atoms. The summed E-state index contributed by atoms with van der Waals surface area (Å²) in [6, 6.07) is 6.29. The van der Waals surface area contributed by atoms with Gasteiger partial charge in [0.15, 0.2) is 0 Å². The van der Waals surface area contributed by atoms with Crippen LogP contribution in [0.3, 0.4) is 0 Å². The topological polar surface area (TPSA) is 109 Å². The van der Waals surface area contributed by atoms with Crippen LogP contribution in [0, 0.1) is 0 Å². The minimum Gasteiger partial charge on any atom is -0.394 e. The minimum atomic E-state index is 0.0342. The number of likely N-dealkylation sites (tertiary alicyclic amines) is 1. The molecule has 0 unspecified atom stereocenters. The Labute approximate surface area is 208 Å². The average Bonchev–Trinajstić information content (AvgIpc) is 3.67. The number of aliphatic hydroxyl groups is 1. The zero-order chi connectivity index (χ0) is 24.5. The highest BCUT2D eigenvalue weighted by molar-refractivity contribution is 5.93. The second-order valence-corrected chi connectivity index (χ2v) is 9.64. The van der Waals surface area contributed by atoms with E-state index < -0.39 is 0 Å². The van der Waals surface area contributed by atoms with Crippen molar-refractivity contribution in [3.8, 4) is 11.1 Å². The molecular weight excluding hydrogens is 458 g/mol. The lowest BCUT2D eigenvalue weighted by Crippen LogP contribution is -2.31. The van der Waals surface area contributed by atoms with Crippen LogP contribution in [-0.4, -0.2) is 78.3 Å². The summed E-state index contributed by atoms with van der Waals surface area (Å²) in [6.45, 7) is 2.09. The first-order chi connectivity index (χ1) is 17.7. The standard InChI is InChI=1S/C26H31N7O3/c34-13-14-36-20-6-4-19(5-7-20)29-26-28-15-22-21(9-12-33(22)30-26)18-3-8-24-27-16-23(32(24)17-18)25(35)31-10-1-2-11-31/h3,8-9,12,15-17,19-20,34H,1-2,4-7,10-11,13-14H2,(H,29,30). The predicted molar refractivity (Wildman–Crippen MR) is 135 cm³/mol. The number of aromatic nitrogens is 5. The van der Waals surface area contributed by atoms with Crippen molar-refractivity contribution in [2.24, 2.45) is 0 Å². The van der Waals surface area contributed by atoms with Crippen LogP contribution in [0.1, 0.15) is 49.0 Å². The van der Waals surface area contributed by atoms with Gasteiger partial charge in [0.25, 0.3) is 5.91 Å². The van der Waals surface area contributed by atoms with Crippen LogP contribution in [0.4, 0.5) is 5.95 Å². The highest BCUT2D eigenvalue weighted by Gasteiger charge is 2.24. The molecule has 2 aliphatic rings. The lowest BCUT2D eigenvalue weighted by molar-refractivity contribution is 0.00719. The third kappa shape index (κ3) is 4.42. The highest BCUT2D eigenvalue weighted by Crippen LogP contribution is 2.28. The third-order valence-corrected chi connectivity index (χ3v) is 7.30. The average molecular weight is 490 g/mol. The Hall–Kier alpha value is -3.50. The van der Waals surface area contributed by atoms with Crippen LogP contribution < -0.4 is 5.32 Å². The van der Waals surface area contributed by atoms with Crippen molar-refractivity contribution in [3.63, 3.8) is 0 Å². The minimum absolute atomic E-state index is 0.0342. The number of ether oxygens (including phenoxy) is 1. The zero-order valence-electron chi connectivity index (χ0n) is 20.2. The van der Waals surface area contributed by atoms with E-state index in [-0.39, 0.29) is 18.6 Å². The number of nitrogens with zero attached hydrogens (tertiary/aromatic N) is 6. The van der Waals surface area contributed by atoms with E-state index in [1.165, 1.54) is 0 Å². The molecule has 1 saturated carbocycles. The number of anilines is 1. The summed E-state index contributed by atoms with van der Waals surface area (Å²) in [5.41, 5.74) is 4.22. The van der Waals surface area contributed by atoms with E-state index in [1.807, 2.05) is 50.6 Å². The summed E-state index contributed by atoms with van der Waals surface area (Å²) in [7, 11) is 0. The molecule has 0 bridgehead atoms. The molecule has 0 radical (unpaired) electrons. The van der Waals surface area contributed by atoms with Gasteiger partial charge in [0, 0.05) is 42.7 Å². The van der Waals surface area contributed by atoms with E-state index in [2.05, 4.69) is 20.4 Å². The van der Waals surface area contributed by atoms with Gasteiger partial charge in [-0.15, -0.1) is 5.10 Å². The van der Waals surface area contributed by atoms with E-state index in [0.29, 0.717) is 24.3 Å². The van der Waals surface area contributed by atoms with Crippen molar-refractivity contribution in [1.29, 1.82) is 0 Å². The van der Waals surface area contributed by atoms with Crippen molar-refractivity contribution in [2.45, 2.75) is 50.7 Å². The molecule has 4 aromatic heterocycles. The van der Waals surface area contributed by atoms with Gasteiger partial charge in [-0.25, -0.2) is 14.5 Å². The van der Waals surface area contributed by atoms with E-state index in [9.17, 15) is 4.79 Å². The number of fused-ring (bicyclic) bond motifs is 2. The van der Waals surface area contributed by atoms with Gasteiger partial charge >= 0.3 is 0 Å². The van der Waals surface area contributed by atoms with Crippen molar-refractivity contribution in [3.05, 3.63) is 48.7 Å². The quantitative estimate of drug-likeness (QED) is 0.411. The summed E-state index contributed by atoms with van der Waals surface area (Å²) >= 11 is 0. The van der Waals surface area contributed by atoms with Crippen molar-refractivity contribution in [2.75, 3.05) is 31.6 Å². The Bertz CT molecular complexity index is 1370. The lowest BCUT2D eigenvalue weighted by Gasteiger charge is -2.28. The normalized spacial score (nSPS) is 20.4. The van der Waals surface area contributed by atoms with E-state index in [0.717, 1.165) is 73.9 Å². The first-order valence-electron chi connectivity index (χ1n) is 12.8. The molecule has 1 amide bonds. The molecular formula is C26H31N7O3. The van der Waals surface area contributed by atoms with Gasteiger partial charge < -0.3 is 20.1 Å². The van der Waals surface area contributed by atoms with E-state index >= 15 is 0 Å². The van der Waals surface area contributed by atoms with Crippen molar-refractivity contribution in [1.82, 2.24) is 28.9 Å². The molecule has 4 aromatic rings. The van der Waals surface area contributed by atoms with Gasteiger partial charge in [-0.2, -0.15) is 0 Å². The first kappa shape index (κ1) is 22.9. The fourth-order valence-electron chi connectivity index (χ4n) is 5.37. The number of carbonyl (C=O) groups is 1. The van der Waals surface area contributed by atoms with Gasteiger partial charge in [0.05, 0.1) is 37.2 Å². The molecule has 188 valence electrons. The predicted octanol–water partition coefficient (Wildman–Crippen LogP) is 3.01. The van der Waals surface area contributed by atoms with Crippen LogP contribution in [0.5, 0.6) is 0 Å². The number of hydrogen-bond donors (Lipinski definition) is 2. The Balaban J connectivity index is 1.20. The van der Waals surface area contributed by atoms with Gasteiger partial charge in [0.2, 0.25) is 5.95 Å². The molecule has 2 N–H and O–H groups in total. The molecule has 0 spiro atoms. The van der Waals surface area contributed by atoms with Crippen LogP contribution >= 0.6 is 0 Å². The molecule has 2 fully saturated rings. The highest BCUT2D eigenvalue weighted by atomic mass is 16.5. The van der Waals surface area contributed by atoms with Crippen molar-refractivity contribution < 1.29 is 14.6 Å². The second kappa shape index (κ2) is 9.87.